The molecule has 0 fully saturated rings. The van der Waals surface area contributed by atoms with Crippen molar-refractivity contribution in [1.82, 2.24) is 13.7 Å². The Morgan fingerprint density at radius 1 is 1.03 bits per heavy atom. The van der Waals surface area contributed by atoms with Gasteiger partial charge >= 0.3 is 5.69 Å². The van der Waals surface area contributed by atoms with Gasteiger partial charge in [0.05, 0.1) is 41.1 Å². The zero-order valence-electron chi connectivity index (χ0n) is 16.7. The quantitative estimate of drug-likeness (QED) is 0.535. The monoisotopic (exact) mass is 404 g/mol. The van der Waals surface area contributed by atoms with Crippen LogP contribution in [0, 0.1) is 0 Å². The van der Waals surface area contributed by atoms with E-state index in [2.05, 4.69) is 5.32 Å². The number of anilines is 1. The fraction of sp³-hybridized carbons (Fsp3) is 0.182. The van der Waals surface area contributed by atoms with Crippen molar-refractivity contribution in [1.29, 1.82) is 0 Å². The third-order valence-corrected chi connectivity index (χ3v) is 5.76. The van der Waals surface area contributed by atoms with Crippen LogP contribution in [0.25, 0.3) is 16.6 Å². The summed E-state index contributed by atoms with van der Waals surface area (Å²) in [6, 6.07) is 12.5. The minimum absolute atomic E-state index is 0.00612. The molecule has 0 amide bonds. The average Bonchev–Trinajstić information content (AvgIpc) is 3.17. The van der Waals surface area contributed by atoms with Crippen LogP contribution in [0.1, 0.15) is 17.3 Å². The van der Waals surface area contributed by atoms with Gasteiger partial charge in [0.1, 0.15) is 0 Å². The van der Waals surface area contributed by atoms with Crippen molar-refractivity contribution in [2.75, 3.05) is 12.4 Å². The van der Waals surface area contributed by atoms with Crippen LogP contribution in [-0.2, 0) is 14.1 Å². The number of hydrogen-bond acceptors (Lipinski definition) is 5. The van der Waals surface area contributed by atoms with Crippen LogP contribution >= 0.6 is 0 Å². The summed E-state index contributed by atoms with van der Waals surface area (Å²) in [4.78, 5) is 25.6. The number of aromatic nitrogens is 3. The topological polar surface area (TPSA) is 90.4 Å². The second kappa shape index (κ2) is 6.28. The van der Waals surface area contributed by atoms with E-state index in [-0.39, 0.29) is 11.3 Å². The maximum atomic E-state index is 12.9. The van der Waals surface area contributed by atoms with Gasteiger partial charge in [-0.2, -0.15) is 0 Å². The van der Waals surface area contributed by atoms with E-state index in [9.17, 15) is 14.7 Å². The lowest BCUT2D eigenvalue weighted by Gasteiger charge is -2.30. The molecule has 2 aromatic heterocycles. The van der Waals surface area contributed by atoms with Crippen molar-refractivity contribution < 1.29 is 9.84 Å². The zero-order valence-corrected chi connectivity index (χ0v) is 16.7. The van der Waals surface area contributed by atoms with E-state index in [1.165, 1.54) is 18.7 Å². The Balaban J connectivity index is 1.93. The number of aromatic hydroxyl groups is 1. The Kier molecular flexibility index (Phi) is 3.79. The summed E-state index contributed by atoms with van der Waals surface area (Å²) in [5.74, 6) is 0.354. The Morgan fingerprint density at radius 2 is 1.80 bits per heavy atom. The lowest BCUT2D eigenvalue weighted by molar-refractivity contribution is 0.370. The largest absolute Gasteiger partial charge is 0.504 e. The summed E-state index contributed by atoms with van der Waals surface area (Å²) in [5, 5.41) is 14.7. The van der Waals surface area contributed by atoms with E-state index in [4.69, 9.17) is 4.74 Å². The number of para-hydroxylation sites is 3. The van der Waals surface area contributed by atoms with Crippen LogP contribution in [0.5, 0.6) is 11.5 Å². The number of phenolic OH excluding ortho intramolecular Hbond substituents is 1. The summed E-state index contributed by atoms with van der Waals surface area (Å²) < 4.78 is 9.78. The van der Waals surface area contributed by atoms with E-state index in [1.807, 2.05) is 28.8 Å². The van der Waals surface area contributed by atoms with Crippen LogP contribution in [-0.4, -0.2) is 25.9 Å². The predicted molar refractivity (Wildman–Crippen MR) is 114 cm³/mol. The fourth-order valence-electron chi connectivity index (χ4n) is 4.28. The van der Waals surface area contributed by atoms with E-state index < -0.39 is 11.7 Å². The van der Waals surface area contributed by atoms with Crippen LogP contribution in [0.4, 0.5) is 5.69 Å². The molecule has 1 atom stereocenters. The molecule has 0 saturated heterocycles. The van der Waals surface area contributed by atoms with Gasteiger partial charge in [-0.15, -0.1) is 0 Å². The number of aryl methyl sites for hydroxylation is 1. The van der Waals surface area contributed by atoms with Crippen molar-refractivity contribution in [3.05, 3.63) is 80.8 Å². The average molecular weight is 404 g/mol. The number of ether oxygens (including phenoxy) is 1. The van der Waals surface area contributed by atoms with Crippen molar-refractivity contribution in [2.24, 2.45) is 14.1 Å². The summed E-state index contributed by atoms with van der Waals surface area (Å²) in [7, 11) is 4.61. The summed E-state index contributed by atoms with van der Waals surface area (Å²) in [5.41, 5.74) is 2.74. The maximum Gasteiger partial charge on any atom is 0.331 e. The molecule has 5 rings (SSSR count). The van der Waals surface area contributed by atoms with Gasteiger partial charge in [-0.05, 0) is 18.2 Å². The molecule has 0 saturated carbocycles. The molecule has 3 heterocycles. The van der Waals surface area contributed by atoms with Gasteiger partial charge in [0.15, 0.2) is 11.5 Å². The lowest BCUT2D eigenvalue weighted by Crippen LogP contribution is -2.37. The van der Waals surface area contributed by atoms with Crippen LogP contribution in [0.3, 0.4) is 0 Å². The highest BCUT2D eigenvalue weighted by Crippen LogP contribution is 2.44. The van der Waals surface area contributed by atoms with E-state index >= 15 is 0 Å². The van der Waals surface area contributed by atoms with E-state index in [1.54, 1.807) is 31.4 Å². The molecule has 0 spiro atoms. The summed E-state index contributed by atoms with van der Waals surface area (Å²) in [6.45, 7) is 0. The van der Waals surface area contributed by atoms with E-state index in [0.29, 0.717) is 27.9 Å². The Bertz CT molecular complexity index is 1440. The summed E-state index contributed by atoms with van der Waals surface area (Å²) in [6.07, 6.45) is 1.76. The Labute approximate surface area is 171 Å². The number of nitrogens with one attached hydrogen (secondary N) is 1. The molecule has 8 nitrogen and oxygen atoms in total. The molecule has 0 bridgehead atoms. The SMILES string of the molecule is COc1cccc([C@H]2Nc3ccccc3-n3cc4c(=O)n(C)c(=O)n(C)c4c32)c1O. The van der Waals surface area contributed by atoms with E-state index in [0.717, 1.165) is 15.9 Å². The first-order valence-electron chi connectivity index (χ1n) is 9.46. The number of hydrogen-bond donors (Lipinski definition) is 2. The summed E-state index contributed by atoms with van der Waals surface area (Å²) >= 11 is 0. The molecule has 4 aromatic rings. The van der Waals surface area contributed by atoms with Crippen LogP contribution in [0.2, 0.25) is 0 Å². The molecule has 152 valence electrons. The first-order chi connectivity index (χ1) is 14.4. The van der Waals surface area contributed by atoms with Crippen LogP contribution in [0.15, 0.2) is 58.3 Å². The maximum absolute atomic E-state index is 12.9. The standard InChI is InChI=1S/C22H20N4O4/c1-24-18-13(21(28)25(2)22(24)29)11-26-15-9-5-4-8-14(15)23-17(19(18)26)12-7-6-10-16(30-3)20(12)27/h4-11,17,23,27H,1-3H3/t17-/m1/s1. The molecule has 0 aliphatic carbocycles. The molecule has 2 aromatic carbocycles. The fourth-order valence-corrected chi connectivity index (χ4v) is 4.28. The van der Waals surface area contributed by atoms with Crippen molar-refractivity contribution >= 4 is 16.6 Å². The van der Waals surface area contributed by atoms with Gasteiger partial charge in [-0.3, -0.25) is 13.9 Å². The normalized spacial score (nSPS) is 14.8. The number of benzene rings is 2. The van der Waals surface area contributed by atoms with Gasteiger partial charge in [-0.1, -0.05) is 24.3 Å². The first kappa shape index (κ1) is 18.1. The predicted octanol–water partition coefficient (Wildman–Crippen LogP) is 2.26. The lowest BCUT2D eigenvalue weighted by atomic mass is 9.98. The zero-order chi connectivity index (χ0) is 21.2. The van der Waals surface area contributed by atoms with Crippen molar-refractivity contribution in [3.63, 3.8) is 0 Å². The number of phenols is 1. The minimum atomic E-state index is -0.509. The molecule has 30 heavy (non-hydrogen) atoms. The minimum Gasteiger partial charge on any atom is -0.504 e. The highest BCUT2D eigenvalue weighted by molar-refractivity contribution is 5.86. The first-order valence-corrected chi connectivity index (χ1v) is 9.46. The van der Waals surface area contributed by atoms with Crippen LogP contribution < -0.4 is 21.3 Å². The molecule has 1 aliphatic rings. The Morgan fingerprint density at radius 3 is 2.57 bits per heavy atom. The third-order valence-electron chi connectivity index (χ3n) is 5.76. The van der Waals surface area contributed by atoms with Gasteiger partial charge in [0.2, 0.25) is 0 Å². The van der Waals surface area contributed by atoms with Crippen molar-refractivity contribution in [2.45, 2.75) is 6.04 Å². The van der Waals surface area contributed by atoms with Gasteiger partial charge in [0, 0.05) is 25.9 Å². The van der Waals surface area contributed by atoms with Crippen molar-refractivity contribution in [3.8, 4) is 17.2 Å². The second-order valence-corrected chi connectivity index (χ2v) is 7.34. The third kappa shape index (κ3) is 2.27. The second-order valence-electron chi connectivity index (χ2n) is 7.34. The molecule has 0 radical (unpaired) electrons. The Hall–Kier alpha value is -3.94. The van der Waals surface area contributed by atoms with Gasteiger partial charge in [0.25, 0.3) is 5.56 Å². The van der Waals surface area contributed by atoms with Gasteiger partial charge in [-0.25, -0.2) is 4.79 Å². The molecule has 8 heteroatoms. The molecule has 0 unspecified atom stereocenters. The molecular formula is C22H20N4O4. The molecule has 1 aliphatic heterocycles. The number of nitrogens with zero attached hydrogens (tertiary/aromatic N) is 3. The molecular weight excluding hydrogens is 384 g/mol. The number of methoxy groups -OCH3 is 1. The highest BCUT2D eigenvalue weighted by atomic mass is 16.5. The number of fused-ring (bicyclic) bond motifs is 5. The molecule has 2 N–H and O–H groups in total. The number of rotatable bonds is 2. The van der Waals surface area contributed by atoms with Gasteiger partial charge < -0.3 is 19.7 Å². The highest BCUT2D eigenvalue weighted by Gasteiger charge is 2.32. The smallest absolute Gasteiger partial charge is 0.331 e.